The van der Waals surface area contributed by atoms with E-state index in [1.165, 1.54) is 12.4 Å². The molecule has 0 unspecified atom stereocenters. The lowest BCUT2D eigenvalue weighted by atomic mass is 10.1. The second-order valence-electron chi connectivity index (χ2n) is 6.54. The van der Waals surface area contributed by atoms with E-state index >= 15 is 0 Å². The summed E-state index contributed by atoms with van der Waals surface area (Å²) >= 11 is 0. The minimum Gasteiger partial charge on any atom is -0.486 e. The number of amides is 1. The number of rotatable bonds is 4. The Bertz CT molecular complexity index is 1020. The van der Waals surface area contributed by atoms with Crippen LogP contribution in [0, 0.1) is 13.8 Å². The Morgan fingerprint density at radius 2 is 1.79 bits per heavy atom. The molecule has 4 rings (SSSR count). The quantitative estimate of drug-likeness (QED) is 0.719. The van der Waals surface area contributed by atoms with Crippen LogP contribution >= 0.6 is 0 Å². The molecular formula is C21H20N4O3. The number of fused-ring (bicyclic) bond motifs is 1. The van der Waals surface area contributed by atoms with Crippen molar-refractivity contribution >= 4 is 23.1 Å². The SMILES string of the molecule is Cc1ccc(NC(=O)c2cnc(Nc3ccc4c(c3)OCCO4)cn2)c(C)c1. The van der Waals surface area contributed by atoms with E-state index in [-0.39, 0.29) is 11.6 Å². The monoisotopic (exact) mass is 376 g/mol. The maximum Gasteiger partial charge on any atom is 0.275 e. The Labute approximate surface area is 162 Å². The maximum absolute atomic E-state index is 12.4. The van der Waals surface area contributed by atoms with Crippen LogP contribution in [0.2, 0.25) is 0 Å². The van der Waals surface area contributed by atoms with Crippen LogP contribution in [0.1, 0.15) is 21.6 Å². The predicted molar refractivity (Wildman–Crippen MR) is 107 cm³/mol. The zero-order chi connectivity index (χ0) is 19.5. The third-order valence-corrected chi connectivity index (χ3v) is 4.33. The molecule has 28 heavy (non-hydrogen) atoms. The van der Waals surface area contributed by atoms with E-state index in [4.69, 9.17) is 9.47 Å². The Morgan fingerprint density at radius 3 is 2.54 bits per heavy atom. The minimum atomic E-state index is -0.301. The van der Waals surface area contributed by atoms with Crippen molar-refractivity contribution in [3.05, 3.63) is 65.6 Å². The van der Waals surface area contributed by atoms with Gasteiger partial charge in [-0.15, -0.1) is 0 Å². The van der Waals surface area contributed by atoms with Crippen molar-refractivity contribution in [2.75, 3.05) is 23.8 Å². The standard InChI is InChI=1S/C21H20N4O3/c1-13-3-5-16(14(2)9-13)25-21(26)17-11-23-20(12-22-17)24-15-4-6-18-19(10-15)28-8-7-27-18/h3-6,9-12H,7-8H2,1-2H3,(H,23,24)(H,25,26). The second-order valence-corrected chi connectivity index (χ2v) is 6.54. The molecule has 1 aromatic heterocycles. The first kappa shape index (κ1) is 17.8. The van der Waals surface area contributed by atoms with E-state index in [1.807, 2.05) is 50.2 Å². The van der Waals surface area contributed by atoms with E-state index in [0.717, 1.165) is 28.3 Å². The van der Waals surface area contributed by atoms with Gasteiger partial charge in [0.25, 0.3) is 5.91 Å². The number of carbonyl (C=O) groups excluding carboxylic acids is 1. The molecule has 0 fully saturated rings. The van der Waals surface area contributed by atoms with Crippen LogP contribution in [0.5, 0.6) is 11.5 Å². The number of anilines is 3. The number of carbonyl (C=O) groups is 1. The van der Waals surface area contributed by atoms with Crippen LogP contribution in [0.15, 0.2) is 48.8 Å². The molecule has 142 valence electrons. The van der Waals surface area contributed by atoms with Crippen molar-refractivity contribution in [2.45, 2.75) is 13.8 Å². The Balaban J connectivity index is 1.44. The number of benzene rings is 2. The third kappa shape index (κ3) is 3.88. The highest BCUT2D eigenvalue weighted by Crippen LogP contribution is 2.33. The van der Waals surface area contributed by atoms with Crippen LogP contribution < -0.4 is 20.1 Å². The van der Waals surface area contributed by atoms with Crippen LogP contribution in [0.4, 0.5) is 17.2 Å². The van der Waals surface area contributed by atoms with Crippen molar-refractivity contribution < 1.29 is 14.3 Å². The van der Waals surface area contributed by atoms with E-state index in [0.29, 0.717) is 24.8 Å². The van der Waals surface area contributed by atoms with Gasteiger partial charge in [0, 0.05) is 17.4 Å². The number of ether oxygens (including phenoxy) is 2. The van der Waals surface area contributed by atoms with Gasteiger partial charge in [-0.3, -0.25) is 4.79 Å². The zero-order valence-corrected chi connectivity index (χ0v) is 15.7. The number of nitrogens with zero attached hydrogens (tertiary/aromatic N) is 2. The Hall–Kier alpha value is -3.61. The normalized spacial score (nSPS) is 12.4. The van der Waals surface area contributed by atoms with Crippen LogP contribution in [0.25, 0.3) is 0 Å². The number of aryl methyl sites for hydroxylation is 2. The summed E-state index contributed by atoms with van der Waals surface area (Å²) < 4.78 is 11.1. The molecule has 1 amide bonds. The number of hydrogen-bond acceptors (Lipinski definition) is 6. The highest BCUT2D eigenvalue weighted by atomic mass is 16.6. The second kappa shape index (κ2) is 7.56. The molecule has 1 aliphatic rings. The fraction of sp³-hybridized carbons (Fsp3) is 0.190. The molecule has 0 saturated heterocycles. The zero-order valence-electron chi connectivity index (χ0n) is 15.7. The van der Waals surface area contributed by atoms with Crippen molar-refractivity contribution in [1.29, 1.82) is 0 Å². The minimum absolute atomic E-state index is 0.243. The van der Waals surface area contributed by atoms with Crippen LogP contribution in [-0.2, 0) is 0 Å². The molecule has 0 spiro atoms. The van der Waals surface area contributed by atoms with Gasteiger partial charge in [0.2, 0.25) is 0 Å². The average Bonchev–Trinajstić information content (AvgIpc) is 2.70. The van der Waals surface area contributed by atoms with Gasteiger partial charge in [0.1, 0.15) is 24.7 Å². The van der Waals surface area contributed by atoms with Gasteiger partial charge in [0.05, 0.1) is 12.4 Å². The molecule has 0 atom stereocenters. The molecule has 3 aromatic rings. The molecule has 2 heterocycles. The Kier molecular flexibility index (Phi) is 4.80. The fourth-order valence-electron chi connectivity index (χ4n) is 2.92. The molecule has 1 aliphatic heterocycles. The van der Waals surface area contributed by atoms with Crippen molar-refractivity contribution in [3.8, 4) is 11.5 Å². The van der Waals surface area contributed by atoms with Crippen molar-refractivity contribution in [3.63, 3.8) is 0 Å². The summed E-state index contributed by atoms with van der Waals surface area (Å²) in [5, 5.41) is 6.01. The maximum atomic E-state index is 12.4. The van der Waals surface area contributed by atoms with Gasteiger partial charge < -0.3 is 20.1 Å². The number of aromatic nitrogens is 2. The molecule has 2 N–H and O–H groups in total. The third-order valence-electron chi connectivity index (χ3n) is 4.33. The van der Waals surface area contributed by atoms with Gasteiger partial charge in [-0.2, -0.15) is 0 Å². The highest BCUT2D eigenvalue weighted by molar-refractivity contribution is 6.03. The summed E-state index contributed by atoms with van der Waals surface area (Å²) in [6.45, 7) is 5.05. The number of hydrogen-bond donors (Lipinski definition) is 2. The first-order chi connectivity index (χ1) is 13.6. The topological polar surface area (TPSA) is 85.4 Å². The largest absolute Gasteiger partial charge is 0.486 e. The average molecular weight is 376 g/mol. The number of nitrogens with one attached hydrogen (secondary N) is 2. The van der Waals surface area contributed by atoms with Crippen molar-refractivity contribution in [2.24, 2.45) is 0 Å². The molecule has 0 saturated carbocycles. The smallest absolute Gasteiger partial charge is 0.275 e. The van der Waals surface area contributed by atoms with Gasteiger partial charge in [-0.25, -0.2) is 9.97 Å². The van der Waals surface area contributed by atoms with E-state index in [9.17, 15) is 4.79 Å². The van der Waals surface area contributed by atoms with E-state index in [2.05, 4.69) is 20.6 Å². The summed E-state index contributed by atoms with van der Waals surface area (Å²) in [6.07, 6.45) is 2.97. The molecule has 0 aliphatic carbocycles. The molecule has 0 radical (unpaired) electrons. The molecule has 2 aromatic carbocycles. The summed E-state index contributed by atoms with van der Waals surface area (Å²) in [5.41, 5.74) is 3.94. The Morgan fingerprint density at radius 1 is 0.964 bits per heavy atom. The highest BCUT2D eigenvalue weighted by Gasteiger charge is 2.13. The summed E-state index contributed by atoms with van der Waals surface area (Å²) in [5.74, 6) is 1.64. The fourth-order valence-corrected chi connectivity index (χ4v) is 2.92. The van der Waals surface area contributed by atoms with Gasteiger partial charge >= 0.3 is 0 Å². The van der Waals surface area contributed by atoms with Gasteiger partial charge in [-0.1, -0.05) is 17.7 Å². The molecule has 7 heteroatoms. The predicted octanol–water partition coefficient (Wildman–Crippen LogP) is 3.86. The lowest BCUT2D eigenvalue weighted by Crippen LogP contribution is -2.15. The first-order valence-corrected chi connectivity index (χ1v) is 8.96. The van der Waals surface area contributed by atoms with Crippen molar-refractivity contribution in [1.82, 2.24) is 9.97 Å². The van der Waals surface area contributed by atoms with Crippen LogP contribution in [0.3, 0.4) is 0 Å². The molecular weight excluding hydrogens is 356 g/mol. The van der Waals surface area contributed by atoms with E-state index < -0.39 is 0 Å². The molecule has 7 nitrogen and oxygen atoms in total. The summed E-state index contributed by atoms with van der Waals surface area (Å²) in [7, 11) is 0. The lowest BCUT2D eigenvalue weighted by Gasteiger charge is -2.19. The van der Waals surface area contributed by atoms with Gasteiger partial charge in [-0.05, 0) is 37.6 Å². The first-order valence-electron chi connectivity index (χ1n) is 8.96. The van der Waals surface area contributed by atoms with E-state index in [1.54, 1.807) is 0 Å². The summed E-state index contributed by atoms with van der Waals surface area (Å²) in [6, 6.07) is 11.4. The summed E-state index contributed by atoms with van der Waals surface area (Å²) in [4.78, 5) is 20.9. The van der Waals surface area contributed by atoms with Crippen LogP contribution in [-0.4, -0.2) is 29.1 Å². The lowest BCUT2D eigenvalue weighted by molar-refractivity contribution is 0.102. The van der Waals surface area contributed by atoms with Gasteiger partial charge in [0.15, 0.2) is 11.5 Å². The molecule has 0 bridgehead atoms.